The number of nitrogens with zero attached hydrogens (tertiary/aromatic N) is 6. The van der Waals surface area contributed by atoms with Gasteiger partial charge in [-0.15, -0.1) is 5.10 Å². The predicted molar refractivity (Wildman–Crippen MR) is 153 cm³/mol. The van der Waals surface area contributed by atoms with Crippen LogP contribution in [0.5, 0.6) is 0 Å². The van der Waals surface area contributed by atoms with Gasteiger partial charge in [0.2, 0.25) is 0 Å². The van der Waals surface area contributed by atoms with Crippen molar-refractivity contribution in [3.05, 3.63) is 83.8 Å². The van der Waals surface area contributed by atoms with E-state index in [1.54, 1.807) is 29.3 Å². The van der Waals surface area contributed by atoms with Crippen LogP contribution in [0.1, 0.15) is 41.9 Å². The van der Waals surface area contributed by atoms with Crippen LogP contribution >= 0.6 is 0 Å². The average molecular weight is 611 g/mol. The van der Waals surface area contributed by atoms with Crippen molar-refractivity contribution in [3.8, 4) is 11.3 Å². The maximum atomic E-state index is 15.4. The molecule has 3 aromatic heterocycles. The van der Waals surface area contributed by atoms with Gasteiger partial charge < -0.3 is 20.7 Å². The van der Waals surface area contributed by atoms with Crippen LogP contribution in [-0.2, 0) is 10.4 Å². The summed E-state index contributed by atoms with van der Waals surface area (Å²) < 4.78 is 67.7. The second kappa shape index (κ2) is 11.9. The van der Waals surface area contributed by atoms with Gasteiger partial charge in [0.1, 0.15) is 34.5 Å². The third kappa shape index (κ3) is 5.62. The van der Waals surface area contributed by atoms with Crippen molar-refractivity contribution in [1.82, 2.24) is 25.0 Å². The van der Waals surface area contributed by atoms with Crippen LogP contribution in [0.3, 0.4) is 0 Å². The molecule has 14 heteroatoms. The predicted octanol–water partition coefficient (Wildman–Crippen LogP) is 4.40. The molecule has 2 aliphatic heterocycles. The maximum absolute atomic E-state index is 15.4. The number of carbonyl (C=O) groups is 1. The summed E-state index contributed by atoms with van der Waals surface area (Å²) in [6.45, 7) is 3.30. The summed E-state index contributed by atoms with van der Waals surface area (Å²) in [5.74, 6) is -4.11. The van der Waals surface area contributed by atoms with E-state index in [1.807, 2.05) is 11.8 Å². The van der Waals surface area contributed by atoms with Crippen LogP contribution in [-0.4, -0.2) is 63.2 Å². The quantitative estimate of drug-likeness (QED) is 0.308. The molecule has 5 heterocycles. The lowest BCUT2D eigenvalue weighted by Gasteiger charge is -2.42. The Morgan fingerprint density at radius 2 is 1.82 bits per heavy atom. The number of aromatic nitrogens is 5. The molecule has 230 valence electrons. The largest absolute Gasteiger partial charge is 0.381 e. The van der Waals surface area contributed by atoms with Crippen LogP contribution in [0.2, 0.25) is 0 Å². The van der Waals surface area contributed by atoms with Crippen LogP contribution in [0, 0.1) is 23.4 Å². The number of alkyl halides is 1. The summed E-state index contributed by atoms with van der Waals surface area (Å²) in [6.07, 6.45) is 6.29. The molecule has 0 saturated carbocycles. The van der Waals surface area contributed by atoms with Gasteiger partial charge in [-0.3, -0.25) is 9.78 Å². The van der Waals surface area contributed by atoms with Crippen molar-refractivity contribution in [3.63, 3.8) is 0 Å². The Morgan fingerprint density at radius 1 is 1.07 bits per heavy atom. The van der Waals surface area contributed by atoms with E-state index in [0.717, 1.165) is 24.3 Å². The number of hydrogen-bond acceptors (Lipinski definition) is 8. The minimum atomic E-state index is -1.97. The summed E-state index contributed by atoms with van der Waals surface area (Å²) in [4.78, 5) is 23.4. The number of nitrogens with one attached hydrogen (secondary N) is 1. The Balaban J connectivity index is 1.25. The molecule has 3 atom stereocenters. The minimum absolute atomic E-state index is 0.0610. The van der Waals surface area contributed by atoms with Crippen LogP contribution in [0.15, 0.2) is 55.1 Å². The number of piperidine rings is 1. The van der Waals surface area contributed by atoms with Gasteiger partial charge in [0, 0.05) is 57.6 Å². The molecule has 0 unspecified atom stereocenters. The number of benzene rings is 1. The number of carbonyl (C=O) groups excluding carboxylic acids is 1. The van der Waals surface area contributed by atoms with Gasteiger partial charge in [0.05, 0.1) is 35.4 Å². The van der Waals surface area contributed by atoms with Crippen molar-refractivity contribution < 1.29 is 27.1 Å². The van der Waals surface area contributed by atoms with E-state index >= 15 is 13.2 Å². The van der Waals surface area contributed by atoms with Crippen molar-refractivity contribution >= 4 is 17.3 Å². The van der Waals surface area contributed by atoms with E-state index in [1.165, 1.54) is 6.20 Å². The van der Waals surface area contributed by atoms with Crippen LogP contribution in [0.4, 0.5) is 28.9 Å². The SMILES string of the molecule is C[C@H]1CN(c2ccncc2NC(=O)c2ccc(F)c(-c3c(F)cc(C4(F)CCOCC4)cc3F)n2)C[C@@H](N)[C@H]1n1ccnn1. The van der Waals surface area contributed by atoms with Gasteiger partial charge in [-0.2, -0.15) is 0 Å². The highest BCUT2D eigenvalue weighted by molar-refractivity contribution is 6.04. The number of amides is 1. The highest BCUT2D eigenvalue weighted by Gasteiger charge is 2.37. The fraction of sp³-hybridized carbons (Fsp3) is 0.367. The number of ether oxygens (including phenoxy) is 1. The normalized spacial score (nSPS) is 21.7. The smallest absolute Gasteiger partial charge is 0.274 e. The monoisotopic (exact) mass is 610 g/mol. The lowest BCUT2D eigenvalue weighted by molar-refractivity contribution is -0.0117. The van der Waals surface area contributed by atoms with Crippen molar-refractivity contribution in [2.45, 2.75) is 37.5 Å². The Morgan fingerprint density at radius 3 is 2.50 bits per heavy atom. The lowest BCUT2D eigenvalue weighted by atomic mass is 9.87. The Kier molecular flexibility index (Phi) is 8.03. The molecule has 3 N–H and O–H groups in total. The van der Waals surface area contributed by atoms with Crippen molar-refractivity contribution in [1.29, 1.82) is 0 Å². The van der Waals surface area contributed by atoms with Gasteiger partial charge in [-0.1, -0.05) is 12.1 Å². The molecule has 1 aromatic carbocycles. The zero-order chi connectivity index (χ0) is 31.0. The third-order valence-electron chi connectivity index (χ3n) is 8.25. The van der Waals surface area contributed by atoms with Gasteiger partial charge >= 0.3 is 0 Å². The molecule has 0 radical (unpaired) electrons. The molecule has 0 spiro atoms. The lowest BCUT2D eigenvalue weighted by Crippen LogP contribution is -2.53. The number of hydrogen-bond donors (Lipinski definition) is 2. The Bertz CT molecular complexity index is 1630. The fourth-order valence-electron chi connectivity index (χ4n) is 6.08. The molecule has 10 nitrogen and oxygen atoms in total. The van der Waals surface area contributed by atoms with Gasteiger partial charge in [0.25, 0.3) is 5.91 Å². The van der Waals surface area contributed by atoms with Crippen LogP contribution in [0.25, 0.3) is 11.3 Å². The summed E-state index contributed by atoms with van der Waals surface area (Å²) in [5, 5.41) is 10.7. The Hall–Kier alpha value is -4.43. The second-order valence-corrected chi connectivity index (χ2v) is 11.2. The first kappa shape index (κ1) is 29.6. The molecule has 2 aliphatic rings. The number of nitrogens with two attached hydrogens (primary N) is 1. The minimum Gasteiger partial charge on any atom is -0.381 e. The van der Waals surface area contributed by atoms with Crippen molar-refractivity contribution in [2.24, 2.45) is 11.7 Å². The van der Waals surface area contributed by atoms with E-state index in [4.69, 9.17) is 10.5 Å². The van der Waals surface area contributed by atoms with Crippen molar-refractivity contribution in [2.75, 3.05) is 36.5 Å². The zero-order valence-electron chi connectivity index (χ0n) is 23.8. The summed E-state index contributed by atoms with van der Waals surface area (Å²) in [5.41, 5.74) is 3.56. The van der Waals surface area contributed by atoms with E-state index in [-0.39, 0.29) is 55.3 Å². The zero-order valence-corrected chi connectivity index (χ0v) is 23.8. The topological polar surface area (TPSA) is 124 Å². The number of halogens is 4. The van der Waals surface area contributed by atoms with Gasteiger partial charge in [0.15, 0.2) is 0 Å². The molecule has 6 rings (SSSR count). The Labute approximate surface area is 250 Å². The first-order chi connectivity index (χ1) is 21.1. The number of pyridine rings is 2. The molecule has 44 heavy (non-hydrogen) atoms. The standard InChI is InChI=1S/C30H30F4N8O2/c1-17-15-41(16-22(35)28(17)42-9-8-37-40-42)25-4-7-36-14-24(25)39-29(43)23-3-2-19(31)27(38-23)26-20(32)12-18(13-21(26)33)30(34)5-10-44-11-6-30/h2-4,7-9,12-14,17,22,28H,5-6,10-11,15-16,35H2,1H3,(H,39,43)/t17-,22+,28-/m0/s1. The summed E-state index contributed by atoms with van der Waals surface area (Å²) in [7, 11) is 0. The van der Waals surface area contributed by atoms with Gasteiger partial charge in [-0.25, -0.2) is 27.2 Å². The van der Waals surface area contributed by atoms with Crippen LogP contribution < -0.4 is 16.0 Å². The molecule has 2 fully saturated rings. The molecule has 2 saturated heterocycles. The fourth-order valence-corrected chi connectivity index (χ4v) is 6.08. The number of anilines is 2. The highest BCUT2D eigenvalue weighted by atomic mass is 19.1. The van der Waals surface area contributed by atoms with E-state index in [0.29, 0.717) is 24.5 Å². The molecular weight excluding hydrogens is 580 g/mol. The van der Waals surface area contributed by atoms with E-state index in [9.17, 15) is 9.18 Å². The average Bonchev–Trinajstić information content (AvgIpc) is 3.52. The van der Waals surface area contributed by atoms with E-state index < -0.39 is 40.3 Å². The maximum Gasteiger partial charge on any atom is 0.274 e. The molecule has 1 amide bonds. The summed E-state index contributed by atoms with van der Waals surface area (Å²) >= 11 is 0. The first-order valence-corrected chi connectivity index (χ1v) is 14.2. The van der Waals surface area contributed by atoms with Gasteiger partial charge in [-0.05, 0) is 41.8 Å². The summed E-state index contributed by atoms with van der Waals surface area (Å²) in [6, 6.07) is 5.06. The highest BCUT2D eigenvalue weighted by Crippen LogP contribution is 2.39. The second-order valence-electron chi connectivity index (χ2n) is 11.2. The molecule has 0 bridgehead atoms. The molecular formula is C30H30F4N8O2. The van der Waals surface area contributed by atoms with E-state index in [2.05, 4.69) is 25.6 Å². The number of rotatable bonds is 6. The first-order valence-electron chi connectivity index (χ1n) is 14.2. The third-order valence-corrected chi connectivity index (χ3v) is 8.25. The molecule has 0 aliphatic carbocycles. The molecule has 4 aromatic rings.